The normalized spacial score (nSPS) is 18.1. The molecule has 0 aromatic heterocycles. The third kappa shape index (κ3) is 3.73. The topological polar surface area (TPSA) is 76.1 Å². The number of methoxy groups -OCH3 is 1. The van der Waals surface area contributed by atoms with Gasteiger partial charge in [-0.1, -0.05) is 6.07 Å². The van der Waals surface area contributed by atoms with Crippen molar-refractivity contribution in [3.63, 3.8) is 0 Å². The minimum Gasteiger partial charge on any atom is -0.494 e. The number of benzene rings is 1. The van der Waals surface area contributed by atoms with Crippen molar-refractivity contribution in [2.75, 3.05) is 26.9 Å². The van der Waals surface area contributed by atoms with Gasteiger partial charge in [-0.25, -0.2) is 9.18 Å². The summed E-state index contributed by atoms with van der Waals surface area (Å²) in [5.41, 5.74) is 0.659. The van der Waals surface area contributed by atoms with E-state index in [1.54, 1.807) is 6.07 Å². The summed E-state index contributed by atoms with van der Waals surface area (Å²) < 4.78 is 23.5. The summed E-state index contributed by atoms with van der Waals surface area (Å²) in [6.45, 7) is 0.581. The van der Waals surface area contributed by atoms with Gasteiger partial charge < -0.3 is 19.5 Å². The Morgan fingerprint density at radius 2 is 2.27 bits per heavy atom. The summed E-state index contributed by atoms with van der Waals surface area (Å²) in [4.78, 5) is 24.6. The van der Waals surface area contributed by atoms with E-state index in [0.717, 1.165) is 0 Å². The Morgan fingerprint density at radius 3 is 2.91 bits per heavy atom. The molecule has 0 radical (unpaired) electrons. The Morgan fingerprint density at radius 1 is 1.50 bits per heavy atom. The van der Waals surface area contributed by atoms with Gasteiger partial charge >= 0.3 is 5.97 Å². The lowest BCUT2D eigenvalue weighted by Gasteiger charge is -2.32. The van der Waals surface area contributed by atoms with Gasteiger partial charge in [-0.05, 0) is 24.1 Å². The van der Waals surface area contributed by atoms with Gasteiger partial charge in [0.25, 0.3) is 0 Å². The number of hydrogen-bond donors (Lipinski definition) is 1. The SMILES string of the molecule is COc1ccc(CCC(=O)N2CCOC[C@@H]2C(=O)O)cc1F. The van der Waals surface area contributed by atoms with E-state index in [1.807, 2.05) is 0 Å². The van der Waals surface area contributed by atoms with Crippen LogP contribution in [0.5, 0.6) is 5.75 Å². The van der Waals surface area contributed by atoms with Crippen molar-refractivity contribution in [3.8, 4) is 5.75 Å². The number of carbonyl (C=O) groups is 2. The van der Waals surface area contributed by atoms with Gasteiger partial charge in [0.1, 0.15) is 0 Å². The number of carbonyl (C=O) groups excluding carboxylic acids is 1. The monoisotopic (exact) mass is 311 g/mol. The van der Waals surface area contributed by atoms with E-state index in [0.29, 0.717) is 18.6 Å². The zero-order valence-electron chi connectivity index (χ0n) is 12.3. The molecular formula is C15H18FNO5. The van der Waals surface area contributed by atoms with Crippen LogP contribution in [0.4, 0.5) is 4.39 Å². The van der Waals surface area contributed by atoms with E-state index < -0.39 is 17.8 Å². The van der Waals surface area contributed by atoms with E-state index >= 15 is 0 Å². The maximum Gasteiger partial charge on any atom is 0.328 e. The number of carboxylic acid groups (broad SMARTS) is 1. The molecule has 0 unspecified atom stereocenters. The molecule has 120 valence electrons. The minimum absolute atomic E-state index is 0.00175. The number of rotatable bonds is 5. The van der Waals surface area contributed by atoms with Crippen LogP contribution < -0.4 is 4.74 Å². The summed E-state index contributed by atoms with van der Waals surface area (Å²) in [6, 6.07) is 3.56. The molecule has 22 heavy (non-hydrogen) atoms. The number of ether oxygens (including phenoxy) is 2. The first-order chi connectivity index (χ1) is 10.5. The molecule has 1 saturated heterocycles. The fourth-order valence-corrected chi connectivity index (χ4v) is 2.37. The zero-order chi connectivity index (χ0) is 16.1. The summed E-state index contributed by atoms with van der Waals surface area (Å²) in [5, 5.41) is 9.10. The first-order valence-corrected chi connectivity index (χ1v) is 6.95. The first kappa shape index (κ1) is 16.2. The van der Waals surface area contributed by atoms with Crippen molar-refractivity contribution in [1.82, 2.24) is 4.90 Å². The molecular weight excluding hydrogens is 293 g/mol. The van der Waals surface area contributed by atoms with Gasteiger partial charge in [0.2, 0.25) is 5.91 Å². The van der Waals surface area contributed by atoms with Crippen LogP contribution in [0.1, 0.15) is 12.0 Å². The highest BCUT2D eigenvalue weighted by atomic mass is 19.1. The lowest BCUT2D eigenvalue weighted by atomic mass is 10.1. The molecule has 1 atom stereocenters. The second kappa shape index (κ2) is 7.22. The van der Waals surface area contributed by atoms with Gasteiger partial charge in [0.05, 0.1) is 20.3 Å². The summed E-state index contributed by atoms with van der Waals surface area (Å²) in [5.74, 6) is -1.69. The highest BCUT2D eigenvalue weighted by molar-refractivity contribution is 5.84. The average molecular weight is 311 g/mol. The molecule has 1 aromatic carbocycles. The number of amides is 1. The molecule has 1 aliphatic heterocycles. The smallest absolute Gasteiger partial charge is 0.328 e. The van der Waals surface area contributed by atoms with Gasteiger partial charge in [0.15, 0.2) is 17.6 Å². The van der Waals surface area contributed by atoms with Crippen LogP contribution in [0.25, 0.3) is 0 Å². The number of aliphatic carboxylic acids is 1. The van der Waals surface area contributed by atoms with Crippen molar-refractivity contribution in [2.24, 2.45) is 0 Å². The molecule has 1 amide bonds. The van der Waals surface area contributed by atoms with Crippen LogP contribution in [0, 0.1) is 5.82 Å². The summed E-state index contributed by atoms with van der Waals surface area (Å²) in [6.07, 6.45) is 0.457. The Balaban J connectivity index is 1.96. The van der Waals surface area contributed by atoms with Gasteiger partial charge in [0, 0.05) is 13.0 Å². The van der Waals surface area contributed by atoms with Gasteiger partial charge in [-0.15, -0.1) is 0 Å². The number of nitrogens with zero attached hydrogens (tertiary/aromatic N) is 1. The summed E-state index contributed by atoms with van der Waals surface area (Å²) in [7, 11) is 1.38. The van der Waals surface area contributed by atoms with E-state index in [4.69, 9.17) is 14.6 Å². The van der Waals surface area contributed by atoms with Crippen molar-refractivity contribution in [1.29, 1.82) is 0 Å². The van der Waals surface area contributed by atoms with Crippen LogP contribution in [-0.4, -0.2) is 54.8 Å². The molecule has 0 bridgehead atoms. The fraction of sp³-hybridized carbons (Fsp3) is 0.467. The molecule has 0 saturated carbocycles. The van der Waals surface area contributed by atoms with Crippen molar-refractivity contribution < 1.29 is 28.6 Å². The number of morpholine rings is 1. The first-order valence-electron chi connectivity index (χ1n) is 6.95. The molecule has 2 rings (SSSR count). The molecule has 1 fully saturated rings. The molecule has 1 N–H and O–H groups in total. The van der Waals surface area contributed by atoms with Crippen LogP contribution in [0.3, 0.4) is 0 Å². The van der Waals surface area contributed by atoms with Gasteiger partial charge in [-0.2, -0.15) is 0 Å². The molecule has 1 aromatic rings. The van der Waals surface area contributed by atoms with Crippen LogP contribution >= 0.6 is 0 Å². The van der Waals surface area contributed by atoms with Crippen molar-refractivity contribution >= 4 is 11.9 Å². The second-order valence-corrected chi connectivity index (χ2v) is 4.98. The predicted octanol–water partition coefficient (Wildman–Crippen LogP) is 1.08. The second-order valence-electron chi connectivity index (χ2n) is 4.98. The summed E-state index contributed by atoms with van der Waals surface area (Å²) >= 11 is 0. The molecule has 7 heteroatoms. The third-order valence-electron chi connectivity index (χ3n) is 3.58. The van der Waals surface area contributed by atoms with E-state index in [-0.39, 0.29) is 31.2 Å². The molecule has 0 aliphatic carbocycles. The Hall–Kier alpha value is -2.15. The highest BCUT2D eigenvalue weighted by Crippen LogP contribution is 2.19. The van der Waals surface area contributed by atoms with Crippen molar-refractivity contribution in [3.05, 3.63) is 29.6 Å². The largest absolute Gasteiger partial charge is 0.494 e. The Bertz CT molecular complexity index is 563. The molecule has 6 nitrogen and oxygen atoms in total. The number of hydrogen-bond acceptors (Lipinski definition) is 4. The zero-order valence-corrected chi connectivity index (χ0v) is 12.3. The van der Waals surface area contributed by atoms with Crippen LogP contribution in [-0.2, 0) is 20.7 Å². The highest BCUT2D eigenvalue weighted by Gasteiger charge is 2.32. The standard InChI is InChI=1S/C15H18FNO5/c1-21-13-4-2-10(8-11(13)16)3-5-14(18)17-6-7-22-9-12(17)15(19)20/h2,4,8,12H,3,5-7,9H2,1H3,(H,19,20)/t12-/m1/s1. The Kier molecular flexibility index (Phi) is 5.32. The van der Waals surface area contributed by atoms with Crippen molar-refractivity contribution in [2.45, 2.75) is 18.9 Å². The fourth-order valence-electron chi connectivity index (χ4n) is 2.37. The van der Waals surface area contributed by atoms with Crippen LogP contribution in [0.15, 0.2) is 18.2 Å². The third-order valence-corrected chi connectivity index (χ3v) is 3.58. The minimum atomic E-state index is -1.08. The number of aryl methyl sites for hydroxylation is 1. The van der Waals surface area contributed by atoms with E-state index in [2.05, 4.69) is 0 Å². The molecule has 0 spiro atoms. The number of carboxylic acids is 1. The number of halogens is 1. The van der Waals surface area contributed by atoms with E-state index in [9.17, 15) is 14.0 Å². The predicted molar refractivity (Wildman–Crippen MR) is 75.2 cm³/mol. The lowest BCUT2D eigenvalue weighted by molar-refractivity contribution is -0.158. The van der Waals surface area contributed by atoms with E-state index in [1.165, 1.54) is 24.1 Å². The lowest BCUT2D eigenvalue weighted by Crippen LogP contribution is -2.52. The maximum absolute atomic E-state index is 13.6. The Labute approximate surface area is 127 Å². The molecule has 1 aliphatic rings. The molecule has 1 heterocycles. The van der Waals surface area contributed by atoms with Crippen LogP contribution in [0.2, 0.25) is 0 Å². The maximum atomic E-state index is 13.6. The average Bonchev–Trinajstić information content (AvgIpc) is 2.52. The van der Waals surface area contributed by atoms with Gasteiger partial charge in [-0.3, -0.25) is 4.79 Å². The quantitative estimate of drug-likeness (QED) is 0.880.